The van der Waals surface area contributed by atoms with Gasteiger partial charge in [-0.3, -0.25) is 4.90 Å². The normalized spacial score (nSPS) is 20.4. The molecule has 0 N–H and O–H groups in total. The van der Waals surface area contributed by atoms with Crippen molar-refractivity contribution in [3.63, 3.8) is 0 Å². The summed E-state index contributed by atoms with van der Waals surface area (Å²) >= 11 is 3.57. The van der Waals surface area contributed by atoms with Crippen LogP contribution >= 0.6 is 15.9 Å². The molecule has 1 saturated heterocycles. The number of ether oxygens (including phenoxy) is 1. The minimum absolute atomic E-state index is 0.000838. The highest BCUT2D eigenvalue weighted by molar-refractivity contribution is 9.09. The lowest BCUT2D eigenvalue weighted by molar-refractivity contribution is -0.137. The van der Waals surface area contributed by atoms with Crippen molar-refractivity contribution in [2.45, 2.75) is 50.3 Å². The number of hydrogen-bond donors (Lipinski definition) is 0. The zero-order chi connectivity index (χ0) is 20.4. The van der Waals surface area contributed by atoms with Crippen LogP contribution in [0.2, 0.25) is 0 Å². The van der Waals surface area contributed by atoms with Crippen LogP contribution < -0.4 is 0 Å². The van der Waals surface area contributed by atoms with Crippen LogP contribution in [0.1, 0.15) is 43.6 Å². The van der Waals surface area contributed by atoms with Gasteiger partial charge in [-0.25, -0.2) is 4.79 Å². The van der Waals surface area contributed by atoms with Gasteiger partial charge in [-0.05, 0) is 45.4 Å². The molecule has 1 amide bonds. The quantitative estimate of drug-likeness (QED) is 0.601. The summed E-state index contributed by atoms with van der Waals surface area (Å²) in [5.41, 5.74) is -0.381. The molecule has 4 nitrogen and oxygen atoms in total. The third kappa shape index (κ3) is 6.38. The lowest BCUT2D eigenvalue weighted by atomic mass is 10.1. The van der Waals surface area contributed by atoms with Gasteiger partial charge in [0.2, 0.25) is 0 Å². The number of alkyl halides is 4. The second-order valence-corrected chi connectivity index (χ2v) is 8.97. The van der Waals surface area contributed by atoms with Gasteiger partial charge < -0.3 is 9.64 Å². The van der Waals surface area contributed by atoms with Gasteiger partial charge in [-0.1, -0.05) is 28.1 Å². The number of halogens is 4. The van der Waals surface area contributed by atoms with Gasteiger partial charge in [0.15, 0.2) is 0 Å². The summed E-state index contributed by atoms with van der Waals surface area (Å²) in [6.45, 7) is 10.1. The van der Waals surface area contributed by atoms with Crippen LogP contribution in [0, 0.1) is 0 Å². The van der Waals surface area contributed by atoms with E-state index < -0.39 is 17.3 Å². The highest BCUT2D eigenvalue weighted by Crippen LogP contribution is 2.32. The average molecular weight is 451 g/mol. The maximum atomic E-state index is 12.7. The number of hydrogen-bond acceptors (Lipinski definition) is 3. The Morgan fingerprint density at radius 2 is 1.81 bits per heavy atom. The van der Waals surface area contributed by atoms with Crippen LogP contribution in [0.25, 0.3) is 0 Å². The zero-order valence-corrected chi connectivity index (χ0v) is 17.6. The fraction of sp³-hybridized carbons (Fsp3) is 0.632. The van der Waals surface area contributed by atoms with Gasteiger partial charge in [0, 0.05) is 32.2 Å². The monoisotopic (exact) mass is 450 g/mol. The first-order valence-electron chi connectivity index (χ1n) is 8.90. The summed E-state index contributed by atoms with van der Waals surface area (Å²) in [5, 5.41) is 0. The smallest absolute Gasteiger partial charge is 0.416 e. The topological polar surface area (TPSA) is 32.8 Å². The SMILES string of the molecule is C[C@@H]1CN(CC(Br)c2ccc(C(F)(F)F)cc2)CCN1C(=O)OC(C)(C)C. The second kappa shape index (κ2) is 8.39. The Morgan fingerprint density at radius 3 is 2.30 bits per heavy atom. The third-order valence-electron chi connectivity index (χ3n) is 4.36. The highest BCUT2D eigenvalue weighted by Gasteiger charge is 2.32. The van der Waals surface area contributed by atoms with E-state index in [0.29, 0.717) is 26.2 Å². The van der Waals surface area contributed by atoms with E-state index in [1.54, 1.807) is 4.90 Å². The first-order valence-corrected chi connectivity index (χ1v) is 9.81. The maximum Gasteiger partial charge on any atom is 0.416 e. The Bertz CT molecular complexity index is 644. The largest absolute Gasteiger partial charge is 0.444 e. The number of rotatable bonds is 3. The highest BCUT2D eigenvalue weighted by atomic mass is 79.9. The molecule has 2 atom stereocenters. The van der Waals surface area contributed by atoms with Crippen molar-refractivity contribution in [3.8, 4) is 0 Å². The molecule has 0 bridgehead atoms. The Kier molecular flexibility index (Phi) is 6.84. The predicted octanol–water partition coefficient (Wildman–Crippen LogP) is 5.08. The Morgan fingerprint density at radius 1 is 1.22 bits per heavy atom. The van der Waals surface area contributed by atoms with Gasteiger partial charge in [-0.2, -0.15) is 13.2 Å². The van der Waals surface area contributed by atoms with E-state index in [9.17, 15) is 18.0 Å². The number of carbonyl (C=O) groups is 1. The van der Waals surface area contributed by atoms with Gasteiger partial charge in [0.1, 0.15) is 5.60 Å². The summed E-state index contributed by atoms with van der Waals surface area (Å²) in [7, 11) is 0. The average Bonchev–Trinajstić information content (AvgIpc) is 2.52. The van der Waals surface area contributed by atoms with Gasteiger partial charge in [-0.15, -0.1) is 0 Å². The minimum Gasteiger partial charge on any atom is -0.444 e. The first-order chi connectivity index (χ1) is 12.4. The third-order valence-corrected chi connectivity index (χ3v) is 5.18. The van der Waals surface area contributed by atoms with Crippen LogP contribution in [0.4, 0.5) is 18.0 Å². The molecule has 2 rings (SSSR count). The first kappa shape index (κ1) is 22.0. The Balaban J connectivity index is 1.91. The van der Waals surface area contributed by atoms with E-state index >= 15 is 0 Å². The van der Waals surface area contributed by atoms with E-state index in [4.69, 9.17) is 4.74 Å². The summed E-state index contributed by atoms with van der Waals surface area (Å²) in [5.74, 6) is 0. The molecule has 27 heavy (non-hydrogen) atoms. The van der Waals surface area contributed by atoms with Gasteiger partial charge in [0.25, 0.3) is 0 Å². The van der Waals surface area contributed by atoms with Crippen molar-refractivity contribution >= 4 is 22.0 Å². The van der Waals surface area contributed by atoms with Crippen LogP contribution in [-0.2, 0) is 10.9 Å². The summed E-state index contributed by atoms with van der Waals surface area (Å²) < 4.78 is 43.5. The van der Waals surface area contributed by atoms with E-state index in [0.717, 1.165) is 17.7 Å². The van der Waals surface area contributed by atoms with Crippen LogP contribution in [0.3, 0.4) is 0 Å². The van der Waals surface area contributed by atoms with Gasteiger partial charge >= 0.3 is 12.3 Å². The fourth-order valence-corrected chi connectivity index (χ4v) is 3.72. The molecule has 0 radical (unpaired) electrons. The fourth-order valence-electron chi connectivity index (χ4n) is 3.00. The minimum atomic E-state index is -4.33. The van der Waals surface area contributed by atoms with Gasteiger partial charge in [0.05, 0.1) is 10.4 Å². The number of piperazine rings is 1. The summed E-state index contributed by atoms with van der Waals surface area (Å²) in [6, 6.07) is 5.21. The van der Waals surface area contributed by atoms with E-state index in [-0.39, 0.29) is 17.0 Å². The number of benzene rings is 1. The molecule has 1 aliphatic heterocycles. The molecule has 1 aliphatic rings. The molecule has 1 aromatic rings. The summed E-state index contributed by atoms with van der Waals surface area (Å²) in [6.07, 6.45) is -4.64. The van der Waals surface area contributed by atoms with Crippen molar-refractivity contribution in [2.75, 3.05) is 26.2 Å². The molecule has 0 aliphatic carbocycles. The number of amides is 1. The van der Waals surface area contributed by atoms with Crippen molar-refractivity contribution in [3.05, 3.63) is 35.4 Å². The standard InChI is InChI=1S/C19H26BrF3N2O2/c1-13-11-24(9-10-25(13)17(26)27-18(2,3)4)12-16(20)14-5-7-15(8-6-14)19(21,22)23/h5-8,13,16H,9-12H2,1-4H3/t13-,16?/m1/s1. The molecule has 0 saturated carbocycles. The lowest BCUT2D eigenvalue weighted by Gasteiger charge is -2.40. The number of carbonyl (C=O) groups excluding carboxylic acids is 1. The molecular weight excluding hydrogens is 425 g/mol. The molecular formula is C19H26BrF3N2O2. The molecule has 0 aromatic heterocycles. The van der Waals surface area contributed by atoms with Crippen molar-refractivity contribution in [2.24, 2.45) is 0 Å². The van der Waals surface area contributed by atoms with Crippen molar-refractivity contribution in [1.29, 1.82) is 0 Å². The van der Waals surface area contributed by atoms with Crippen LogP contribution in [0.15, 0.2) is 24.3 Å². The molecule has 1 unspecified atom stereocenters. The zero-order valence-electron chi connectivity index (χ0n) is 16.0. The maximum absolute atomic E-state index is 12.7. The van der Waals surface area contributed by atoms with Crippen molar-refractivity contribution in [1.82, 2.24) is 9.80 Å². The van der Waals surface area contributed by atoms with Crippen molar-refractivity contribution < 1.29 is 22.7 Å². The Hall–Kier alpha value is -1.28. The van der Waals surface area contributed by atoms with E-state index in [2.05, 4.69) is 20.8 Å². The van der Waals surface area contributed by atoms with Crippen LogP contribution in [0.5, 0.6) is 0 Å². The van der Waals surface area contributed by atoms with Crippen LogP contribution in [-0.4, -0.2) is 53.7 Å². The van der Waals surface area contributed by atoms with E-state index in [1.165, 1.54) is 12.1 Å². The number of nitrogens with zero attached hydrogens (tertiary/aromatic N) is 2. The summed E-state index contributed by atoms with van der Waals surface area (Å²) in [4.78, 5) is 16.1. The molecule has 8 heteroatoms. The molecule has 1 heterocycles. The molecule has 0 spiro atoms. The molecule has 1 fully saturated rings. The predicted molar refractivity (Wildman–Crippen MR) is 102 cm³/mol. The lowest BCUT2D eigenvalue weighted by Crippen LogP contribution is -2.55. The molecule has 152 valence electrons. The Labute approximate surface area is 166 Å². The van der Waals surface area contributed by atoms with E-state index in [1.807, 2.05) is 27.7 Å². The molecule has 1 aromatic carbocycles. The second-order valence-electron chi connectivity index (χ2n) is 7.87.